The van der Waals surface area contributed by atoms with Gasteiger partial charge in [-0.25, -0.2) is 0 Å². The third-order valence-corrected chi connectivity index (χ3v) is 4.13. The molecule has 1 rings (SSSR count). The lowest BCUT2D eigenvalue weighted by Crippen LogP contribution is -2.33. The van der Waals surface area contributed by atoms with Crippen molar-refractivity contribution in [3.8, 4) is 0 Å². The number of hydrogen-bond donors (Lipinski definition) is 2. The number of thiophene rings is 1. The first-order valence-electron chi connectivity index (χ1n) is 6.27. The molecular formula is C13H21ClN2OS. The quantitative estimate of drug-likeness (QED) is 0.757. The average molecular weight is 289 g/mol. The van der Waals surface area contributed by atoms with Gasteiger partial charge >= 0.3 is 0 Å². The van der Waals surface area contributed by atoms with Crippen LogP contribution in [0.1, 0.15) is 36.9 Å². The summed E-state index contributed by atoms with van der Waals surface area (Å²) in [5, 5.41) is 6.32. The summed E-state index contributed by atoms with van der Waals surface area (Å²) >= 11 is 7.09. The number of hydrogen-bond acceptors (Lipinski definition) is 3. The van der Waals surface area contributed by atoms with E-state index in [1.165, 1.54) is 11.3 Å². The Morgan fingerprint density at radius 3 is 2.61 bits per heavy atom. The average Bonchev–Trinajstić information content (AvgIpc) is 2.74. The van der Waals surface area contributed by atoms with Crippen molar-refractivity contribution in [3.05, 3.63) is 21.3 Å². The Hall–Kier alpha value is -0.580. The molecule has 0 spiro atoms. The van der Waals surface area contributed by atoms with Gasteiger partial charge in [-0.05, 0) is 37.9 Å². The molecule has 0 aliphatic carbocycles. The van der Waals surface area contributed by atoms with Gasteiger partial charge in [0.2, 0.25) is 0 Å². The van der Waals surface area contributed by atoms with Crippen LogP contribution in [-0.2, 0) is 0 Å². The molecule has 0 bridgehead atoms. The lowest BCUT2D eigenvalue weighted by molar-refractivity contribution is 0.0957. The van der Waals surface area contributed by atoms with Crippen LogP contribution in [0.4, 0.5) is 0 Å². The molecule has 0 fully saturated rings. The van der Waals surface area contributed by atoms with Gasteiger partial charge < -0.3 is 10.6 Å². The number of halogens is 1. The highest BCUT2D eigenvalue weighted by Gasteiger charge is 2.08. The minimum Gasteiger partial charge on any atom is -0.351 e. The van der Waals surface area contributed by atoms with E-state index < -0.39 is 0 Å². The molecule has 1 aromatic heterocycles. The van der Waals surface area contributed by atoms with Crippen molar-refractivity contribution in [1.82, 2.24) is 10.6 Å². The zero-order valence-corrected chi connectivity index (χ0v) is 12.7. The van der Waals surface area contributed by atoms with E-state index >= 15 is 0 Å². The summed E-state index contributed by atoms with van der Waals surface area (Å²) in [6, 6.07) is 4.01. The predicted octanol–water partition coefficient (Wildman–Crippen LogP) is 3.16. The topological polar surface area (TPSA) is 41.1 Å². The normalized spacial score (nSPS) is 12.7. The monoisotopic (exact) mass is 288 g/mol. The van der Waals surface area contributed by atoms with Crippen LogP contribution in [-0.4, -0.2) is 25.0 Å². The lowest BCUT2D eigenvalue weighted by atomic mass is 10.1. The second-order valence-electron chi connectivity index (χ2n) is 4.70. The van der Waals surface area contributed by atoms with E-state index in [2.05, 4.69) is 31.4 Å². The Labute approximate surface area is 118 Å². The Bertz CT molecular complexity index is 379. The fourth-order valence-electron chi connectivity index (χ4n) is 1.38. The molecule has 2 N–H and O–H groups in total. The maximum atomic E-state index is 11.7. The summed E-state index contributed by atoms with van der Waals surface area (Å²) in [5.41, 5.74) is 0. The van der Waals surface area contributed by atoms with Gasteiger partial charge in [-0.15, -0.1) is 11.3 Å². The second kappa shape index (κ2) is 7.77. The van der Waals surface area contributed by atoms with Crippen molar-refractivity contribution in [1.29, 1.82) is 0 Å². The van der Waals surface area contributed by atoms with Crippen molar-refractivity contribution in [2.24, 2.45) is 5.92 Å². The smallest absolute Gasteiger partial charge is 0.261 e. The number of carbonyl (C=O) groups excluding carboxylic acids is 1. The number of amides is 1. The van der Waals surface area contributed by atoms with E-state index in [1.54, 1.807) is 12.1 Å². The minimum atomic E-state index is -0.0381. The van der Waals surface area contributed by atoms with Gasteiger partial charge in [0, 0.05) is 12.6 Å². The van der Waals surface area contributed by atoms with Gasteiger partial charge in [0.05, 0.1) is 9.21 Å². The molecule has 1 aromatic rings. The Kier molecular flexibility index (Phi) is 6.68. The van der Waals surface area contributed by atoms with Crippen LogP contribution < -0.4 is 10.6 Å². The van der Waals surface area contributed by atoms with Crippen molar-refractivity contribution in [2.75, 3.05) is 13.1 Å². The Morgan fingerprint density at radius 2 is 2.06 bits per heavy atom. The highest BCUT2D eigenvalue weighted by Crippen LogP contribution is 2.20. The van der Waals surface area contributed by atoms with E-state index in [9.17, 15) is 4.79 Å². The molecule has 1 atom stereocenters. The van der Waals surface area contributed by atoms with Crippen LogP contribution >= 0.6 is 22.9 Å². The summed E-state index contributed by atoms with van der Waals surface area (Å²) in [6.45, 7) is 8.17. The molecule has 18 heavy (non-hydrogen) atoms. The molecular weight excluding hydrogens is 268 g/mol. The van der Waals surface area contributed by atoms with E-state index in [0.29, 0.717) is 27.7 Å². The third-order valence-electron chi connectivity index (χ3n) is 2.90. The van der Waals surface area contributed by atoms with E-state index in [1.807, 2.05) is 0 Å². The molecule has 0 saturated carbocycles. The highest BCUT2D eigenvalue weighted by atomic mass is 35.5. The second-order valence-corrected chi connectivity index (χ2v) is 6.42. The van der Waals surface area contributed by atoms with Crippen LogP contribution in [0.15, 0.2) is 12.1 Å². The van der Waals surface area contributed by atoms with Crippen molar-refractivity contribution >= 4 is 28.8 Å². The summed E-state index contributed by atoms with van der Waals surface area (Å²) in [4.78, 5) is 12.4. The Balaban J connectivity index is 2.13. The molecule has 1 unspecified atom stereocenters. The number of carbonyl (C=O) groups is 1. The molecule has 0 aromatic carbocycles. The summed E-state index contributed by atoms with van der Waals surface area (Å²) < 4.78 is 0.646. The summed E-state index contributed by atoms with van der Waals surface area (Å²) in [5.74, 6) is 0.594. The molecule has 102 valence electrons. The number of rotatable bonds is 7. The molecule has 5 heteroatoms. The summed E-state index contributed by atoms with van der Waals surface area (Å²) in [7, 11) is 0. The zero-order chi connectivity index (χ0) is 13.5. The third kappa shape index (κ3) is 5.38. The first-order valence-corrected chi connectivity index (χ1v) is 7.47. The Morgan fingerprint density at radius 1 is 1.33 bits per heavy atom. The maximum absolute atomic E-state index is 11.7. The van der Waals surface area contributed by atoms with Gasteiger partial charge in [-0.1, -0.05) is 25.4 Å². The van der Waals surface area contributed by atoms with Crippen molar-refractivity contribution in [3.63, 3.8) is 0 Å². The molecule has 0 saturated heterocycles. The van der Waals surface area contributed by atoms with E-state index in [0.717, 1.165) is 13.0 Å². The molecule has 1 heterocycles. The molecule has 3 nitrogen and oxygen atoms in total. The standard InChI is InChI=1S/C13H21ClN2OS/c1-9(2)10(3)15-7-4-8-16-13(17)11-5-6-12(14)18-11/h5-6,9-10,15H,4,7-8H2,1-3H3,(H,16,17). The largest absolute Gasteiger partial charge is 0.351 e. The fourth-order valence-corrected chi connectivity index (χ4v) is 2.34. The minimum absolute atomic E-state index is 0.0381. The predicted molar refractivity (Wildman–Crippen MR) is 78.6 cm³/mol. The first kappa shape index (κ1) is 15.5. The van der Waals surface area contributed by atoms with Gasteiger partial charge in [0.25, 0.3) is 5.91 Å². The maximum Gasteiger partial charge on any atom is 0.261 e. The van der Waals surface area contributed by atoms with Crippen LogP contribution in [0.5, 0.6) is 0 Å². The molecule has 0 aliphatic rings. The number of nitrogens with one attached hydrogen (secondary N) is 2. The van der Waals surface area contributed by atoms with Gasteiger partial charge in [0.1, 0.15) is 0 Å². The van der Waals surface area contributed by atoms with Gasteiger partial charge in [-0.2, -0.15) is 0 Å². The SMILES string of the molecule is CC(C)C(C)NCCCNC(=O)c1ccc(Cl)s1. The van der Waals surface area contributed by atoms with Crippen molar-refractivity contribution in [2.45, 2.75) is 33.2 Å². The lowest BCUT2D eigenvalue weighted by Gasteiger charge is -2.17. The van der Waals surface area contributed by atoms with E-state index in [-0.39, 0.29) is 5.91 Å². The highest BCUT2D eigenvalue weighted by molar-refractivity contribution is 7.17. The molecule has 0 radical (unpaired) electrons. The zero-order valence-electron chi connectivity index (χ0n) is 11.1. The van der Waals surface area contributed by atoms with Gasteiger partial charge in [-0.3, -0.25) is 4.79 Å². The molecule has 0 aliphatic heterocycles. The summed E-state index contributed by atoms with van der Waals surface area (Å²) in [6.07, 6.45) is 0.932. The fraction of sp³-hybridized carbons (Fsp3) is 0.615. The van der Waals surface area contributed by atoms with Gasteiger partial charge in [0.15, 0.2) is 0 Å². The van der Waals surface area contributed by atoms with Crippen LogP contribution in [0.25, 0.3) is 0 Å². The first-order chi connectivity index (χ1) is 8.50. The van der Waals surface area contributed by atoms with Crippen LogP contribution in [0.3, 0.4) is 0 Å². The van der Waals surface area contributed by atoms with E-state index in [4.69, 9.17) is 11.6 Å². The van der Waals surface area contributed by atoms with Crippen molar-refractivity contribution < 1.29 is 4.79 Å². The van der Waals surface area contributed by atoms with Crippen LogP contribution in [0, 0.1) is 5.92 Å². The van der Waals surface area contributed by atoms with Crippen LogP contribution in [0.2, 0.25) is 4.34 Å². The molecule has 1 amide bonds.